The van der Waals surface area contributed by atoms with Gasteiger partial charge in [-0.1, -0.05) is 12.1 Å². The molecule has 0 amide bonds. The van der Waals surface area contributed by atoms with Crippen LogP contribution in [0.4, 0.5) is 5.69 Å². The third-order valence-electron chi connectivity index (χ3n) is 2.33. The minimum Gasteiger partial charge on any atom is -0.481 e. The first-order valence-corrected chi connectivity index (χ1v) is 5.28. The van der Waals surface area contributed by atoms with Crippen LogP contribution >= 0.6 is 0 Å². The van der Waals surface area contributed by atoms with Gasteiger partial charge in [-0.2, -0.15) is 0 Å². The van der Waals surface area contributed by atoms with E-state index < -0.39 is 5.97 Å². The molecule has 17 heavy (non-hydrogen) atoms. The highest BCUT2D eigenvalue weighted by atomic mass is 16.4. The highest BCUT2D eigenvalue weighted by Gasteiger charge is 2.10. The topological polar surface area (TPSA) is 83.6 Å². The lowest BCUT2D eigenvalue weighted by molar-refractivity contribution is -0.137. The van der Waals surface area contributed by atoms with E-state index in [1.54, 1.807) is 36.2 Å². The lowest BCUT2D eigenvalue weighted by Gasteiger charge is -2.14. The largest absolute Gasteiger partial charge is 0.481 e. The van der Waals surface area contributed by atoms with Crippen molar-refractivity contribution < 1.29 is 14.7 Å². The fraction of sp³-hybridized carbons (Fsp3) is 0.333. The second-order valence-electron chi connectivity index (χ2n) is 3.93. The molecule has 1 aromatic carbocycles. The number of carboxylic acid groups (broad SMARTS) is 1. The smallest absolute Gasteiger partial charge is 0.304 e. The van der Waals surface area contributed by atoms with Gasteiger partial charge in [-0.3, -0.25) is 14.5 Å². The SMILES string of the molecule is CN(CCC(=O)O)CC(=O)c1cccc(N)c1. The molecule has 5 nitrogen and oxygen atoms in total. The maximum atomic E-state index is 11.8. The quantitative estimate of drug-likeness (QED) is 0.565. The Balaban J connectivity index is 2.51. The number of benzene rings is 1. The summed E-state index contributed by atoms with van der Waals surface area (Å²) >= 11 is 0. The van der Waals surface area contributed by atoms with Crippen molar-refractivity contribution in [3.05, 3.63) is 29.8 Å². The molecule has 0 aliphatic carbocycles. The number of hydrogen-bond donors (Lipinski definition) is 2. The van der Waals surface area contributed by atoms with E-state index in [1.807, 2.05) is 0 Å². The Bertz CT molecular complexity index is 418. The van der Waals surface area contributed by atoms with Crippen molar-refractivity contribution in [2.45, 2.75) is 6.42 Å². The van der Waals surface area contributed by atoms with E-state index in [4.69, 9.17) is 10.8 Å². The number of rotatable bonds is 6. The fourth-order valence-corrected chi connectivity index (χ4v) is 1.41. The number of hydrogen-bond acceptors (Lipinski definition) is 4. The number of nitrogens with two attached hydrogens (primary N) is 1. The highest BCUT2D eigenvalue weighted by molar-refractivity contribution is 5.98. The molecule has 92 valence electrons. The van der Waals surface area contributed by atoms with E-state index in [0.29, 0.717) is 17.8 Å². The highest BCUT2D eigenvalue weighted by Crippen LogP contribution is 2.07. The van der Waals surface area contributed by atoms with Crippen molar-refractivity contribution in [1.82, 2.24) is 4.90 Å². The van der Waals surface area contributed by atoms with Gasteiger partial charge in [0.25, 0.3) is 0 Å². The molecule has 0 aliphatic heterocycles. The van der Waals surface area contributed by atoms with Crippen LogP contribution in [0.5, 0.6) is 0 Å². The van der Waals surface area contributed by atoms with Crippen LogP contribution in [-0.2, 0) is 4.79 Å². The van der Waals surface area contributed by atoms with Crippen molar-refractivity contribution >= 4 is 17.4 Å². The average molecular weight is 236 g/mol. The summed E-state index contributed by atoms with van der Waals surface area (Å²) in [6, 6.07) is 6.75. The lowest BCUT2D eigenvalue weighted by atomic mass is 10.1. The summed E-state index contributed by atoms with van der Waals surface area (Å²) in [5.41, 5.74) is 6.68. The number of ketones is 1. The third kappa shape index (κ3) is 4.65. The van der Waals surface area contributed by atoms with Crippen LogP contribution in [0.1, 0.15) is 16.8 Å². The van der Waals surface area contributed by atoms with Gasteiger partial charge in [-0.25, -0.2) is 0 Å². The van der Waals surface area contributed by atoms with Gasteiger partial charge in [0.1, 0.15) is 0 Å². The monoisotopic (exact) mass is 236 g/mol. The maximum absolute atomic E-state index is 11.8. The molecule has 0 saturated heterocycles. The molecule has 1 aromatic rings. The van der Waals surface area contributed by atoms with Crippen LogP contribution in [0.2, 0.25) is 0 Å². The van der Waals surface area contributed by atoms with Gasteiger partial charge in [0.15, 0.2) is 5.78 Å². The molecule has 0 spiro atoms. The van der Waals surface area contributed by atoms with E-state index >= 15 is 0 Å². The Morgan fingerprint density at radius 2 is 2.12 bits per heavy atom. The van der Waals surface area contributed by atoms with Gasteiger partial charge in [0, 0.05) is 17.8 Å². The molecule has 0 saturated carbocycles. The van der Waals surface area contributed by atoms with E-state index in [-0.39, 0.29) is 18.7 Å². The summed E-state index contributed by atoms with van der Waals surface area (Å²) in [5.74, 6) is -0.932. The van der Waals surface area contributed by atoms with Crippen LogP contribution < -0.4 is 5.73 Å². The van der Waals surface area contributed by atoms with Gasteiger partial charge in [0.2, 0.25) is 0 Å². The molecular weight excluding hydrogens is 220 g/mol. The first kappa shape index (κ1) is 13.2. The van der Waals surface area contributed by atoms with Crippen LogP contribution in [0, 0.1) is 0 Å². The number of Topliss-reactive ketones (excluding diaryl/α,β-unsaturated/α-hetero) is 1. The molecule has 0 heterocycles. The Morgan fingerprint density at radius 1 is 1.41 bits per heavy atom. The van der Waals surface area contributed by atoms with Gasteiger partial charge < -0.3 is 10.8 Å². The van der Waals surface area contributed by atoms with E-state index in [1.165, 1.54) is 0 Å². The Kier molecular flexibility index (Phi) is 4.66. The Morgan fingerprint density at radius 3 is 2.71 bits per heavy atom. The number of nitrogens with zero attached hydrogens (tertiary/aromatic N) is 1. The number of carbonyl (C=O) groups excluding carboxylic acids is 1. The maximum Gasteiger partial charge on any atom is 0.304 e. The molecule has 0 unspecified atom stereocenters. The molecule has 3 N–H and O–H groups in total. The molecule has 0 bridgehead atoms. The third-order valence-corrected chi connectivity index (χ3v) is 2.33. The normalized spacial score (nSPS) is 10.5. The summed E-state index contributed by atoms with van der Waals surface area (Å²) < 4.78 is 0. The van der Waals surface area contributed by atoms with E-state index in [9.17, 15) is 9.59 Å². The lowest BCUT2D eigenvalue weighted by Crippen LogP contribution is -2.28. The van der Waals surface area contributed by atoms with Crippen molar-refractivity contribution in [2.75, 3.05) is 25.9 Å². The summed E-state index contributed by atoms with van der Waals surface area (Å²) in [6.45, 7) is 0.542. The number of anilines is 1. The average Bonchev–Trinajstić information content (AvgIpc) is 2.26. The molecule has 0 aliphatic rings. The Hall–Kier alpha value is -1.88. The molecule has 0 radical (unpaired) electrons. The van der Waals surface area contributed by atoms with Gasteiger partial charge in [-0.15, -0.1) is 0 Å². The van der Waals surface area contributed by atoms with E-state index in [0.717, 1.165) is 0 Å². The second-order valence-corrected chi connectivity index (χ2v) is 3.93. The number of carbonyl (C=O) groups is 2. The van der Waals surface area contributed by atoms with Crippen molar-refractivity contribution in [2.24, 2.45) is 0 Å². The zero-order valence-electron chi connectivity index (χ0n) is 9.72. The first-order chi connectivity index (χ1) is 7.99. The van der Waals surface area contributed by atoms with E-state index in [2.05, 4.69) is 0 Å². The zero-order valence-corrected chi connectivity index (χ0v) is 9.72. The van der Waals surface area contributed by atoms with Crippen LogP contribution in [0.3, 0.4) is 0 Å². The number of nitrogen functional groups attached to an aromatic ring is 1. The number of aliphatic carboxylic acids is 1. The fourth-order valence-electron chi connectivity index (χ4n) is 1.41. The number of carboxylic acids is 1. The molecular formula is C12H16N2O3. The van der Waals surface area contributed by atoms with Crippen LogP contribution in [0.25, 0.3) is 0 Å². The van der Waals surface area contributed by atoms with Gasteiger partial charge in [0.05, 0.1) is 13.0 Å². The minimum absolute atomic E-state index is 0.0285. The molecule has 5 heteroatoms. The van der Waals surface area contributed by atoms with Crippen molar-refractivity contribution in [3.8, 4) is 0 Å². The predicted octanol–water partition coefficient (Wildman–Crippen LogP) is 0.858. The molecule has 0 fully saturated rings. The minimum atomic E-state index is -0.867. The van der Waals surface area contributed by atoms with Gasteiger partial charge >= 0.3 is 5.97 Å². The molecule has 0 aromatic heterocycles. The van der Waals surface area contributed by atoms with Crippen molar-refractivity contribution in [3.63, 3.8) is 0 Å². The summed E-state index contributed by atoms with van der Waals surface area (Å²) in [7, 11) is 1.72. The standard InChI is InChI=1S/C12H16N2O3/c1-14(6-5-12(16)17)8-11(15)9-3-2-4-10(13)7-9/h2-4,7H,5-6,8,13H2,1H3,(H,16,17). The molecule has 0 atom stereocenters. The predicted molar refractivity (Wildman–Crippen MR) is 64.9 cm³/mol. The van der Waals surface area contributed by atoms with Crippen molar-refractivity contribution in [1.29, 1.82) is 0 Å². The zero-order chi connectivity index (χ0) is 12.8. The summed E-state index contributed by atoms with van der Waals surface area (Å²) in [4.78, 5) is 23.9. The summed E-state index contributed by atoms with van der Waals surface area (Å²) in [5, 5.41) is 8.52. The van der Waals surface area contributed by atoms with Crippen LogP contribution in [-0.4, -0.2) is 41.9 Å². The first-order valence-electron chi connectivity index (χ1n) is 5.28. The number of likely N-dealkylation sites (N-methyl/N-ethyl adjacent to an activating group) is 1. The Labute approximate surface area is 99.8 Å². The second kappa shape index (κ2) is 6.00. The summed E-state index contributed by atoms with van der Waals surface area (Å²) in [6.07, 6.45) is 0.0285. The van der Waals surface area contributed by atoms with Gasteiger partial charge in [-0.05, 0) is 19.2 Å². The van der Waals surface area contributed by atoms with Crippen LogP contribution in [0.15, 0.2) is 24.3 Å². The molecule has 1 rings (SSSR count).